The van der Waals surface area contributed by atoms with E-state index in [0.29, 0.717) is 16.5 Å². The van der Waals surface area contributed by atoms with Gasteiger partial charge < -0.3 is 10.1 Å². The van der Waals surface area contributed by atoms with Crippen LogP contribution in [0.3, 0.4) is 0 Å². The molecule has 0 radical (unpaired) electrons. The molecule has 0 spiro atoms. The Morgan fingerprint density at radius 2 is 1.78 bits per heavy atom. The van der Waals surface area contributed by atoms with Gasteiger partial charge in [-0.25, -0.2) is 9.49 Å². The molecule has 0 aliphatic carbocycles. The van der Waals surface area contributed by atoms with Crippen LogP contribution in [-0.4, -0.2) is 28.7 Å². The lowest BCUT2D eigenvalue weighted by Crippen LogP contribution is -2.28. The number of amides is 1. The van der Waals surface area contributed by atoms with Crippen LogP contribution in [-0.2, 0) is 27.3 Å². The number of nitrogens with one attached hydrogen (secondary N) is 2. The number of nitrogens with zero attached hydrogens (tertiary/aromatic N) is 1. The zero-order valence-electron chi connectivity index (χ0n) is 14.2. The molecule has 1 amide bonds. The molecule has 2 aromatic carbocycles. The number of rotatable bonds is 6. The fourth-order valence-corrected chi connectivity index (χ4v) is 2.49. The number of hydrogen-bond donors (Lipinski definition) is 2. The molecule has 8 heteroatoms. The van der Waals surface area contributed by atoms with E-state index in [2.05, 4.69) is 15.5 Å². The summed E-state index contributed by atoms with van der Waals surface area (Å²) in [4.78, 5) is 35.5. The number of halogens is 1. The molecule has 27 heavy (non-hydrogen) atoms. The van der Waals surface area contributed by atoms with Crippen molar-refractivity contribution < 1.29 is 18.7 Å². The number of benzene rings is 2. The summed E-state index contributed by atoms with van der Waals surface area (Å²) in [6.45, 7) is -0.246. The van der Waals surface area contributed by atoms with Crippen molar-refractivity contribution in [2.45, 2.75) is 13.0 Å². The van der Waals surface area contributed by atoms with Gasteiger partial charge in [-0.15, -0.1) is 0 Å². The van der Waals surface area contributed by atoms with Crippen molar-refractivity contribution in [1.29, 1.82) is 0 Å². The van der Waals surface area contributed by atoms with Crippen LogP contribution in [0.4, 0.5) is 4.39 Å². The molecular formula is C19H16FN3O4. The first-order valence-corrected chi connectivity index (χ1v) is 8.16. The van der Waals surface area contributed by atoms with Crippen LogP contribution >= 0.6 is 0 Å². The Morgan fingerprint density at radius 3 is 2.52 bits per heavy atom. The standard InChI is InChI=1S/C19H16FN3O4/c20-13-7-5-12(6-8-13)10-21-17(24)11-27-18(25)9-16-14-3-1-2-4-15(14)19(26)23-22-16/h1-8H,9-11H2,(H,21,24)(H,23,26). The Hall–Kier alpha value is -3.55. The molecule has 0 atom stereocenters. The molecule has 2 N–H and O–H groups in total. The average Bonchev–Trinajstić information content (AvgIpc) is 2.68. The monoisotopic (exact) mass is 369 g/mol. The molecule has 3 rings (SSSR count). The first-order valence-electron chi connectivity index (χ1n) is 8.16. The van der Waals surface area contributed by atoms with Gasteiger partial charge in [-0.3, -0.25) is 14.4 Å². The summed E-state index contributed by atoms with van der Waals surface area (Å²) in [7, 11) is 0. The maximum atomic E-state index is 12.8. The van der Waals surface area contributed by atoms with Gasteiger partial charge in [0.25, 0.3) is 11.5 Å². The summed E-state index contributed by atoms with van der Waals surface area (Å²) in [6.07, 6.45) is -0.178. The van der Waals surface area contributed by atoms with E-state index in [0.717, 1.165) is 5.56 Å². The van der Waals surface area contributed by atoms with Gasteiger partial charge >= 0.3 is 5.97 Å². The number of ether oxygens (including phenoxy) is 1. The Kier molecular flexibility index (Phi) is 5.55. The highest BCUT2D eigenvalue weighted by Crippen LogP contribution is 2.13. The zero-order chi connectivity index (χ0) is 19.2. The van der Waals surface area contributed by atoms with Crippen molar-refractivity contribution in [3.63, 3.8) is 0 Å². The predicted molar refractivity (Wildman–Crippen MR) is 95.3 cm³/mol. The molecule has 0 aliphatic rings. The average molecular weight is 369 g/mol. The fraction of sp³-hybridized carbons (Fsp3) is 0.158. The van der Waals surface area contributed by atoms with Gasteiger partial charge in [0.15, 0.2) is 6.61 Å². The summed E-state index contributed by atoms with van der Waals surface area (Å²) in [5.41, 5.74) is 0.741. The SMILES string of the molecule is O=C(COC(=O)Cc1n[nH]c(=O)c2ccccc12)NCc1ccc(F)cc1. The molecule has 1 aromatic heterocycles. The summed E-state index contributed by atoms with van der Waals surface area (Å²) < 4.78 is 17.8. The van der Waals surface area contributed by atoms with Crippen LogP contribution in [0.5, 0.6) is 0 Å². The smallest absolute Gasteiger partial charge is 0.312 e. The van der Waals surface area contributed by atoms with Crippen LogP contribution in [0.15, 0.2) is 53.3 Å². The zero-order valence-corrected chi connectivity index (χ0v) is 14.2. The van der Waals surface area contributed by atoms with Gasteiger partial charge in [-0.1, -0.05) is 30.3 Å². The van der Waals surface area contributed by atoms with Gasteiger partial charge in [0.1, 0.15) is 5.82 Å². The highest BCUT2D eigenvalue weighted by Gasteiger charge is 2.13. The number of aromatic amines is 1. The second kappa shape index (κ2) is 8.22. The topological polar surface area (TPSA) is 101 Å². The van der Waals surface area contributed by atoms with Crippen LogP contribution < -0.4 is 10.9 Å². The number of hydrogen-bond acceptors (Lipinski definition) is 5. The van der Waals surface area contributed by atoms with E-state index >= 15 is 0 Å². The third kappa shape index (κ3) is 4.75. The first-order chi connectivity index (χ1) is 13.0. The van der Waals surface area contributed by atoms with E-state index in [1.54, 1.807) is 36.4 Å². The quantitative estimate of drug-likeness (QED) is 0.641. The molecule has 0 saturated heterocycles. The Balaban J connectivity index is 1.52. The number of H-pyrrole nitrogens is 1. The molecule has 0 saturated carbocycles. The van der Waals surface area contributed by atoms with Gasteiger partial charge in [-0.05, 0) is 23.8 Å². The lowest BCUT2D eigenvalue weighted by molar-refractivity contribution is -0.147. The van der Waals surface area contributed by atoms with E-state index in [-0.39, 0.29) is 24.3 Å². The molecule has 0 unspecified atom stereocenters. The van der Waals surface area contributed by atoms with Crippen molar-refractivity contribution in [2.75, 3.05) is 6.61 Å². The third-order valence-corrected chi connectivity index (χ3v) is 3.85. The van der Waals surface area contributed by atoms with Crippen molar-refractivity contribution in [1.82, 2.24) is 15.5 Å². The van der Waals surface area contributed by atoms with Crippen LogP contribution in [0.2, 0.25) is 0 Å². The van der Waals surface area contributed by atoms with E-state index in [4.69, 9.17) is 4.74 Å². The third-order valence-electron chi connectivity index (χ3n) is 3.85. The number of aromatic nitrogens is 2. The number of carbonyl (C=O) groups excluding carboxylic acids is 2. The first kappa shape index (κ1) is 18.2. The summed E-state index contributed by atoms with van der Waals surface area (Å²) in [6, 6.07) is 12.5. The molecular weight excluding hydrogens is 353 g/mol. The Bertz CT molecular complexity index is 1030. The van der Waals surface area contributed by atoms with Crippen molar-refractivity contribution >= 4 is 22.6 Å². The van der Waals surface area contributed by atoms with Crippen LogP contribution in [0, 0.1) is 5.82 Å². The van der Waals surface area contributed by atoms with Gasteiger partial charge in [-0.2, -0.15) is 5.10 Å². The maximum absolute atomic E-state index is 12.8. The van der Waals surface area contributed by atoms with Crippen LogP contribution in [0.1, 0.15) is 11.3 Å². The van der Waals surface area contributed by atoms with Gasteiger partial charge in [0.2, 0.25) is 0 Å². The highest BCUT2D eigenvalue weighted by atomic mass is 19.1. The second-order valence-corrected chi connectivity index (χ2v) is 5.79. The minimum atomic E-state index is -0.642. The molecule has 7 nitrogen and oxygen atoms in total. The lowest BCUT2D eigenvalue weighted by Gasteiger charge is -2.07. The minimum Gasteiger partial charge on any atom is -0.455 e. The molecule has 3 aromatic rings. The van der Waals surface area contributed by atoms with E-state index in [1.807, 2.05) is 0 Å². The summed E-state index contributed by atoms with van der Waals surface area (Å²) >= 11 is 0. The van der Waals surface area contributed by atoms with Crippen LogP contribution in [0.25, 0.3) is 10.8 Å². The molecule has 0 aliphatic heterocycles. The van der Waals surface area contributed by atoms with E-state index < -0.39 is 18.5 Å². The molecule has 0 bridgehead atoms. The van der Waals surface area contributed by atoms with Crippen molar-refractivity contribution in [3.8, 4) is 0 Å². The number of carbonyl (C=O) groups is 2. The van der Waals surface area contributed by atoms with Crippen molar-refractivity contribution in [2.24, 2.45) is 0 Å². The normalized spacial score (nSPS) is 10.6. The Labute approximate surface area is 153 Å². The fourth-order valence-electron chi connectivity index (χ4n) is 2.49. The summed E-state index contributed by atoms with van der Waals surface area (Å²) in [5.74, 6) is -1.48. The van der Waals surface area contributed by atoms with E-state index in [9.17, 15) is 18.8 Å². The van der Waals surface area contributed by atoms with Gasteiger partial charge in [0.05, 0.1) is 17.5 Å². The van der Waals surface area contributed by atoms with Gasteiger partial charge in [0, 0.05) is 11.9 Å². The summed E-state index contributed by atoms with van der Waals surface area (Å²) in [5, 5.41) is 9.77. The maximum Gasteiger partial charge on any atom is 0.312 e. The second-order valence-electron chi connectivity index (χ2n) is 5.79. The van der Waals surface area contributed by atoms with Crippen molar-refractivity contribution in [3.05, 3.63) is 76.0 Å². The van der Waals surface area contributed by atoms with E-state index in [1.165, 1.54) is 12.1 Å². The lowest BCUT2D eigenvalue weighted by atomic mass is 10.1. The minimum absolute atomic E-state index is 0.178. The molecule has 1 heterocycles. The highest BCUT2D eigenvalue weighted by molar-refractivity contribution is 5.87. The number of esters is 1. The molecule has 0 fully saturated rings. The Morgan fingerprint density at radius 1 is 1.07 bits per heavy atom. The predicted octanol–water partition coefficient (Wildman–Crippen LogP) is 1.46. The number of fused-ring (bicyclic) bond motifs is 1. The molecule has 138 valence electrons. The largest absolute Gasteiger partial charge is 0.455 e.